The van der Waals surface area contributed by atoms with Gasteiger partial charge in [0.2, 0.25) is 0 Å². The zero-order chi connectivity index (χ0) is 18.7. The fourth-order valence-electron chi connectivity index (χ4n) is 2.62. The van der Waals surface area contributed by atoms with Gasteiger partial charge in [0.15, 0.2) is 17.1 Å². The SMILES string of the molecule is Cc1ccc(OC(C)c2nnc(SCc3cccc(Cl)c3)n2C)cc1C. The number of nitrogens with zero attached hydrogens (tertiary/aromatic N) is 3. The molecule has 1 atom stereocenters. The minimum absolute atomic E-state index is 0.185. The molecular weight excluding hydrogens is 366 g/mol. The first-order valence-electron chi connectivity index (χ1n) is 8.44. The van der Waals surface area contributed by atoms with Gasteiger partial charge in [-0.15, -0.1) is 10.2 Å². The van der Waals surface area contributed by atoms with Gasteiger partial charge in [0.25, 0.3) is 0 Å². The summed E-state index contributed by atoms with van der Waals surface area (Å²) in [6, 6.07) is 14.0. The van der Waals surface area contributed by atoms with Crippen LogP contribution in [0, 0.1) is 13.8 Å². The average Bonchev–Trinajstić information content (AvgIpc) is 2.97. The van der Waals surface area contributed by atoms with Crippen LogP contribution >= 0.6 is 23.4 Å². The van der Waals surface area contributed by atoms with Crippen molar-refractivity contribution < 1.29 is 4.74 Å². The van der Waals surface area contributed by atoms with E-state index in [-0.39, 0.29) is 6.10 Å². The summed E-state index contributed by atoms with van der Waals surface area (Å²) < 4.78 is 8.05. The number of aryl methyl sites for hydroxylation is 2. The Hall–Kier alpha value is -1.98. The van der Waals surface area contributed by atoms with Crippen molar-refractivity contribution >= 4 is 23.4 Å². The molecule has 0 bridgehead atoms. The molecule has 1 unspecified atom stereocenters. The molecule has 0 saturated heterocycles. The van der Waals surface area contributed by atoms with Gasteiger partial charge >= 0.3 is 0 Å². The fraction of sp³-hybridized carbons (Fsp3) is 0.300. The Bertz CT molecular complexity index is 910. The van der Waals surface area contributed by atoms with Gasteiger partial charge in [-0.05, 0) is 61.7 Å². The van der Waals surface area contributed by atoms with Crippen LogP contribution in [0.4, 0.5) is 0 Å². The maximum absolute atomic E-state index is 6.06. The van der Waals surface area contributed by atoms with Crippen molar-refractivity contribution in [3.63, 3.8) is 0 Å². The molecular formula is C20H22ClN3OS. The number of benzene rings is 2. The van der Waals surface area contributed by atoms with E-state index in [0.29, 0.717) is 0 Å². The lowest BCUT2D eigenvalue weighted by molar-refractivity contribution is 0.211. The van der Waals surface area contributed by atoms with E-state index >= 15 is 0 Å². The molecule has 4 nitrogen and oxygen atoms in total. The maximum atomic E-state index is 6.06. The van der Waals surface area contributed by atoms with Gasteiger partial charge in [-0.3, -0.25) is 0 Å². The van der Waals surface area contributed by atoms with Gasteiger partial charge in [-0.2, -0.15) is 0 Å². The van der Waals surface area contributed by atoms with Crippen molar-refractivity contribution in [2.24, 2.45) is 7.05 Å². The van der Waals surface area contributed by atoms with Crippen LogP contribution in [-0.4, -0.2) is 14.8 Å². The molecule has 0 spiro atoms. The van der Waals surface area contributed by atoms with Crippen molar-refractivity contribution in [2.75, 3.05) is 0 Å². The van der Waals surface area contributed by atoms with Crippen molar-refractivity contribution in [1.29, 1.82) is 0 Å². The quantitative estimate of drug-likeness (QED) is 0.522. The van der Waals surface area contributed by atoms with E-state index in [4.69, 9.17) is 16.3 Å². The first kappa shape index (κ1) is 18.8. The number of hydrogen-bond donors (Lipinski definition) is 0. The van der Waals surface area contributed by atoms with Crippen LogP contribution in [0.2, 0.25) is 5.02 Å². The van der Waals surface area contributed by atoms with Crippen LogP contribution in [0.5, 0.6) is 5.75 Å². The average molecular weight is 388 g/mol. The lowest BCUT2D eigenvalue weighted by Gasteiger charge is -2.15. The Morgan fingerprint density at radius 3 is 2.65 bits per heavy atom. The van der Waals surface area contributed by atoms with Crippen LogP contribution in [-0.2, 0) is 12.8 Å². The van der Waals surface area contributed by atoms with E-state index in [2.05, 4.69) is 42.2 Å². The van der Waals surface area contributed by atoms with Crippen molar-refractivity contribution in [2.45, 2.75) is 37.8 Å². The predicted octanol–water partition coefficient (Wildman–Crippen LogP) is 5.52. The highest BCUT2D eigenvalue weighted by Gasteiger charge is 2.17. The molecule has 0 fully saturated rings. The third-order valence-electron chi connectivity index (χ3n) is 4.28. The lowest BCUT2D eigenvalue weighted by atomic mass is 10.1. The second-order valence-corrected chi connectivity index (χ2v) is 7.70. The third kappa shape index (κ3) is 4.40. The Kier molecular flexibility index (Phi) is 5.89. The van der Waals surface area contributed by atoms with Crippen LogP contribution < -0.4 is 4.74 Å². The monoisotopic (exact) mass is 387 g/mol. The molecule has 0 saturated carbocycles. The molecule has 2 aromatic carbocycles. The number of ether oxygens (including phenoxy) is 1. The predicted molar refractivity (Wildman–Crippen MR) is 107 cm³/mol. The summed E-state index contributed by atoms with van der Waals surface area (Å²) >= 11 is 7.68. The highest BCUT2D eigenvalue weighted by Crippen LogP contribution is 2.27. The molecule has 0 radical (unpaired) electrons. The number of hydrogen-bond acceptors (Lipinski definition) is 4. The molecule has 1 heterocycles. The summed E-state index contributed by atoms with van der Waals surface area (Å²) in [6.45, 7) is 6.17. The molecule has 0 N–H and O–H groups in total. The lowest BCUT2D eigenvalue weighted by Crippen LogP contribution is -2.10. The third-order valence-corrected chi connectivity index (χ3v) is 5.61. The van der Waals surface area contributed by atoms with Gasteiger partial charge in [0, 0.05) is 17.8 Å². The molecule has 0 aliphatic rings. The van der Waals surface area contributed by atoms with E-state index in [0.717, 1.165) is 33.1 Å². The van der Waals surface area contributed by atoms with Gasteiger partial charge in [0.05, 0.1) is 0 Å². The minimum atomic E-state index is -0.185. The zero-order valence-corrected chi connectivity index (χ0v) is 16.9. The highest BCUT2D eigenvalue weighted by molar-refractivity contribution is 7.98. The molecule has 3 rings (SSSR count). The first-order valence-corrected chi connectivity index (χ1v) is 9.81. The van der Waals surface area contributed by atoms with Crippen molar-refractivity contribution in [1.82, 2.24) is 14.8 Å². The molecule has 26 heavy (non-hydrogen) atoms. The standard InChI is InChI=1S/C20H22ClN3OS/c1-13-8-9-18(10-14(13)2)25-15(3)19-22-23-20(24(19)4)26-12-16-6-5-7-17(21)11-16/h5-11,15H,12H2,1-4H3. The Labute approximate surface area is 163 Å². The van der Waals surface area contributed by atoms with Crippen LogP contribution in [0.3, 0.4) is 0 Å². The molecule has 1 aromatic heterocycles. The second kappa shape index (κ2) is 8.14. The van der Waals surface area contributed by atoms with E-state index in [1.807, 2.05) is 42.8 Å². The minimum Gasteiger partial charge on any atom is -0.483 e. The van der Waals surface area contributed by atoms with E-state index in [1.54, 1.807) is 11.8 Å². The number of aromatic nitrogens is 3. The normalized spacial score (nSPS) is 12.2. The summed E-state index contributed by atoms with van der Waals surface area (Å²) in [7, 11) is 1.97. The van der Waals surface area contributed by atoms with Gasteiger partial charge in [0.1, 0.15) is 5.75 Å². The summed E-state index contributed by atoms with van der Waals surface area (Å²) in [5, 5.41) is 10.2. The number of rotatable bonds is 6. The summed E-state index contributed by atoms with van der Waals surface area (Å²) in [5.41, 5.74) is 3.63. The summed E-state index contributed by atoms with van der Waals surface area (Å²) in [6.07, 6.45) is -0.185. The molecule has 3 aromatic rings. The van der Waals surface area contributed by atoms with Gasteiger partial charge in [-0.1, -0.05) is 41.6 Å². The Balaban J connectivity index is 1.68. The van der Waals surface area contributed by atoms with E-state index < -0.39 is 0 Å². The van der Waals surface area contributed by atoms with Crippen LogP contribution in [0.1, 0.15) is 35.5 Å². The number of thioether (sulfide) groups is 1. The number of halogens is 1. The second-order valence-electron chi connectivity index (χ2n) is 6.32. The zero-order valence-electron chi connectivity index (χ0n) is 15.4. The fourth-order valence-corrected chi connectivity index (χ4v) is 3.70. The summed E-state index contributed by atoms with van der Waals surface area (Å²) in [5.74, 6) is 2.44. The van der Waals surface area contributed by atoms with E-state index in [9.17, 15) is 0 Å². The van der Waals surface area contributed by atoms with Crippen LogP contribution in [0.15, 0.2) is 47.6 Å². The van der Waals surface area contributed by atoms with Crippen molar-refractivity contribution in [3.05, 3.63) is 70.0 Å². The topological polar surface area (TPSA) is 39.9 Å². The molecule has 0 aliphatic carbocycles. The maximum Gasteiger partial charge on any atom is 0.191 e. The summed E-state index contributed by atoms with van der Waals surface area (Å²) in [4.78, 5) is 0. The van der Waals surface area contributed by atoms with Crippen molar-refractivity contribution in [3.8, 4) is 5.75 Å². The van der Waals surface area contributed by atoms with Gasteiger partial charge in [-0.25, -0.2) is 0 Å². The highest BCUT2D eigenvalue weighted by atomic mass is 35.5. The smallest absolute Gasteiger partial charge is 0.191 e. The molecule has 6 heteroatoms. The Morgan fingerprint density at radius 1 is 1.12 bits per heavy atom. The van der Waals surface area contributed by atoms with Crippen LogP contribution in [0.25, 0.3) is 0 Å². The molecule has 0 amide bonds. The Morgan fingerprint density at radius 2 is 1.92 bits per heavy atom. The van der Waals surface area contributed by atoms with E-state index in [1.165, 1.54) is 11.1 Å². The first-order chi connectivity index (χ1) is 12.4. The molecule has 0 aliphatic heterocycles. The largest absolute Gasteiger partial charge is 0.483 e. The molecule has 136 valence electrons. The van der Waals surface area contributed by atoms with Gasteiger partial charge < -0.3 is 9.30 Å².